The predicted molar refractivity (Wildman–Crippen MR) is 78.8 cm³/mol. The number of carbonyl (C=O) groups excluding carboxylic acids is 1. The van der Waals surface area contributed by atoms with Crippen LogP contribution in [-0.4, -0.2) is 17.4 Å². The Morgan fingerprint density at radius 3 is 2.85 bits per heavy atom. The van der Waals surface area contributed by atoms with Crippen molar-refractivity contribution in [1.82, 2.24) is 4.98 Å². The summed E-state index contributed by atoms with van der Waals surface area (Å²) in [6.07, 6.45) is 7.43. The summed E-state index contributed by atoms with van der Waals surface area (Å²) in [5.74, 6) is 1.20. The van der Waals surface area contributed by atoms with Gasteiger partial charge in [-0.15, -0.1) is 0 Å². The molecule has 3 nitrogen and oxygen atoms in total. The highest BCUT2D eigenvalue weighted by atomic mass is 16.5. The van der Waals surface area contributed by atoms with Crippen LogP contribution in [0.3, 0.4) is 0 Å². The molecule has 1 aromatic heterocycles. The Morgan fingerprint density at radius 2 is 2.00 bits per heavy atom. The zero-order valence-electron chi connectivity index (χ0n) is 11.5. The largest absolute Gasteiger partial charge is 0.485 e. The molecule has 0 radical (unpaired) electrons. The minimum Gasteiger partial charge on any atom is -0.485 e. The molecule has 0 bridgehead atoms. The van der Waals surface area contributed by atoms with E-state index in [0.717, 1.165) is 29.5 Å². The lowest BCUT2D eigenvalue weighted by atomic mass is 9.86. The van der Waals surface area contributed by atoms with E-state index in [9.17, 15) is 4.79 Å². The number of aromatic nitrogens is 1. The van der Waals surface area contributed by atoms with Gasteiger partial charge in [-0.25, -0.2) is 0 Å². The van der Waals surface area contributed by atoms with Crippen LogP contribution in [0.5, 0.6) is 5.75 Å². The fourth-order valence-electron chi connectivity index (χ4n) is 2.89. The van der Waals surface area contributed by atoms with Crippen molar-refractivity contribution in [3.05, 3.63) is 36.5 Å². The number of ketones is 1. The van der Waals surface area contributed by atoms with E-state index in [2.05, 4.69) is 4.98 Å². The molecule has 1 aromatic carbocycles. The monoisotopic (exact) mass is 269 g/mol. The zero-order valence-corrected chi connectivity index (χ0v) is 11.5. The third-order valence-corrected chi connectivity index (χ3v) is 4.04. The molecule has 104 valence electrons. The first kappa shape index (κ1) is 13.1. The lowest BCUT2D eigenvalue weighted by molar-refractivity contribution is -0.125. The van der Waals surface area contributed by atoms with Crippen molar-refractivity contribution in [2.45, 2.75) is 32.1 Å². The minimum absolute atomic E-state index is 0.179. The number of ether oxygens (including phenoxy) is 1. The molecule has 3 heteroatoms. The summed E-state index contributed by atoms with van der Waals surface area (Å²) in [6, 6.07) is 9.62. The SMILES string of the molecule is O=C(COc1cccc2ncccc12)C1CCCCC1. The van der Waals surface area contributed by atoms with Crippen LogP contribution in [-0.2, 0) is 4.79 Å². The first-order valence-corrected chi connectivity index (χ1v) is 7.34. The Morgan fingerprint density at radius 1 is 1.15 bits per heavy atom. The van der Waals surface area contributed by atoms with Gasteiger partial charge in [0.25, 0.3) is 0 Å². The highest BCUT2D eigenvalue weighted by Crippen LogP contribution is 2.26. The molecule has 1 saturated carbocycles. The standard InChI is InChI=1S/C17H19NO2/c19-16(13-6-2-1-3-7-13)12-20-17-10-4-9-15-14(17)8-5-11-18-15/h4-5,8-11,13H,1-3,6-7,12H2. The molecule has 1 aliphatic carbocycles. The molecule has 0 atom stereocenters. The maximum atomic E-state index is 12.2. The Balaban J connectivity index is 1.69. The normalized spacial score (nSPS) is 16.2. The fraction of sp³-hybridized carbons (Fsp3) is 0.412. The number of hydrogen-bond acceptors (Lipinski definition) is 3. The summed E-state index contributed by atoms with van der Waals surface area (Å²) >= 11 is 0. The lowest BCUT2D eigenvalue weighted by Crippen LogP contribution is -2.23. The fourth-order valence-corrected chi connectivity index (χ4v) is 2.89. The summed E-state index contributed by atoms with van der Waals surface area (Å²) < 4.78 is 5.74. The molecule has 2 aromatic rings. The van der Waals surface area contributed by atoms with Gasteiger partial charge in [0, 0.05) is 17.5 Å². The van der Waals surface area contributed by atoms with Crippen molar-refractivity contribution in [3.63, 3.8) is 0 Å². The van der Waals surface area contributed by atoms with Crippen molar-refractivity contribution in [1.29, 1.82) is 0 Å². The van der Waals surface area contributed by atoms with Crippen LogP contribution < -0.4 is 4.74 Å². The minimum atomic E-state index is 0.179. The maximum absolute atomic E-state index is 12.2. The Hall–Kier alpha value is -1.90. The summed E-state index contributed by atoms with van der Waals surface area (Å²) in [7, 11) is 0. The summed E-state index contributed by atoms with van der Waals surface area (Å²) in [5.41, 5.74) is 0.898. The van der Waals surface area contributed by atoms with Gasteiger partial charge in [-0.2, -0.15) is 0 Å². The molecule has 0 saturated heterocycles. The molecule has 0 amide bonds. The van der Waals surface area contributed by atoms with E-state index in [1.54, 1.807) is 6.20 Å². The first-order valence-electron chi connectivity index (χ1n) is 7.34. The number of hydrogen-bond donors (Lipinski definition) is 0. The molecule has 1 fully saturated rings. The first-order chi connectivity index (χ1) is 9.84. The molecule has 0 unspecified atom stereocenters. The van der Waals surface area contributed by atoms with Crippen LogP contribution in [0.25, 0.3) is 10.9 Å². The van der Waals surface area contributed by atoms with Crippen LogP contribution >= 0.6 is 0 Å². The summed E-state index contributed by atoms with van der Waals surface area (Å²) in [5, 5.41) is 0.964. The number of fused-ring (bicyclic) bond motifs is 1. The molecule has 1 heterocycles. The molecule has 0 aliphatic heterocycles. The molecule has 1 aliphatic rings. The van der Waals surface area contributed by atoms with E-state index in [1.165, 1.54) is 19.3 Å². The molecular weight excluding hydrogens is 250 g/mol. The van der Waals surface area contributed by atoms with E-state index in [0.29, 0.717) is 0 Å². The van der Waals surface area contributed by atoms with E-state index in [4.69, 9.17) is 4.74 Å². The van der Waals surface area contributed by atoms with Crippen LogP contribution in [0.2, 0.25) is 0 Å². The van der Waals surface area contributed by atoms with Crippen molar-refractivity contribution in [2.75, 3.05) is 6.61 Å². The van der Waals surface area contributed by atoms with Gasteiger partial charge in [-0.3, -0.25) is 9.78 Å². The van der Waals surface area contributed by atoms with E-state index >= 15 is 0 Å². The van der Waals surface area contributed by atoms with Crippen LogP contribution in [0, 0.1) is 5.92 Å². The second kappa shape index (κ2) is 6.04. The van der Waals surface area contributed by atoms with Gasteiger partial charge in [0.05, 0.1) is 5.52 Å². The van der Waals surface area contributed by atoms with E-state index in [1.807, 2.05) is 30.3 Å². The van der Waals surface area contributed by atoms with Crippen LogP contribution in [0.1, 0.15) is 32.1 Å². The van der Waals surface area contributed by atoms with Crippen LogP contribution in [0.4, 0.5) is 0 Å². The molecule has 0 spiro atoms. The number of benzene rings is 1. The van der Waals surface area contributed by atoms with E-state index < -0.39 is 0 Å². The molecular formula is C17H19NO2. The number of pyridine rings is 1. The zero-order chi connectivity index (χ0) is 13.8. The Bertz CT molecular complexity index is 597. The lowest BCUT2D eigenvalue weighted by Gasteiger charge is -2.20. The summed E-state index contributed by atoms with van der Waals surface area (Å²) in [4.78, 5) is 16.5. The van der Waals surface area contributed by atoms with E-state index in [-0.39, 0.29) is 18.3 Å². The van der Waals surface area contributed by atoms with Gasteiger partial charge in [-0.05, 0) is 37.1 Å². The number of carbonyl (C=O) groups is 1. The highest BCUT2D eigenvalue weighted by molar-refractivity contribution is 5.86. The van der Waals surface area contributed by atoms with Gasteiger partial charge in [0.1, 0.15) is 12.4 Å². The maximum Gasteiger partial charge on any atom is 0.173 e. The average Bonchev–Trinajstić information content (AvgIpc) is 2.53. The smallest absolute Gasteiger partial charge is 0.173 e. The number of rotatable bonds is 4. The number of nitrogens with zero attached hydrogens (tertiary/aromatic N) is 1. The van der Waals surface area contributed by atoms with Gasteiger partial charge in [0.15, 0.2) is 5.78 Å². The average molecular weight is 269 g/mol. The topological polar surface area (TPSA) is 39.2 Å². The molecule has 0 N–H and O–H groups in total. The third kappa shape index (κ3) is 2.82. The van der Waals surface area contributed by atoms with Gasteiger partial charge in [0.2, 0.25) is 0 Å². The third-order valence-electron chi connectivity index (χ3n) is 4.04. The van der Waals surface area contributed by atoms with Gasteiger partial charge < -0.3 is 4.74 Å². The molecule has 20 heavy (non-hydrogen) atoms. The highest BCUT2D eigenvalue weighted by Gasteiger charge is 2.21. The van der Waals surface area contributed by atoms with Gasteiger partial charge >= 0.3 is 0 Å². The van der Waals surface area contributed by atoms with Crippen molar-refractivity contribution < 1.29 is 9.53 Å². The quantitative estimate of drug-likeness (QED) is 0.848. The van der Waals surface area contributed by atoms with Crippen LogP contribution in [0.15, 0.2) is 36.5 Å². The second-order valence-electron chi connectivity index (χ2n) is 5.42. The summed E-state index contributed by atoms with van der Waals surface area (Å²) in [6.45, 7) is 0.179. The molecule has 3 rings (SSSR count). The van der Waals surface area contributed by atoms with Gasteiger partial charge in [-0.1, -0.05) is 25.3 Å². The van der Waals surface area contributed by atoms with Crippen molar-refractivity contribution in [3.8, 4) is 5.75 Å². The van der Waals surface area contributed by atoms with Crippen molar-refractivity contribution >= 4 is 16.7 Å². The predicted octanol–water partition coefficient (Wildman–Crippen LogP) is 3.76. The Kier molecular flexibility index (Phi) is 3.95. The van der Waals surface area contributed by atoms with Crippen molar-refractivity contribution in [2.24, 2.45) is 5.92 Å². The number of Topliss-reactive ketones (excluding diaryl/α,β-unsaturated/α-hetero) is 1. The second-order valence-corrected chi connectivity index (χ2v) is 5.42. The Labute approximate surface area is 119 Å².